The molecule has 0 spiro atoms. The van der Waals surface area contributed by atoms with E-state index in [1.54, 1.807) is 16.3 Å². The molecule has 7 nitrogen and oxygen atoms in total. The standard InChI is InChI=1S/C19H15ClF3N5O2S/c20-16-14(26-4-6-27(7-5-26)17(29)12-3-8-31-11-12)10-25-28(18(16)30)15-2-1-13(9-24-15)19(21,22)23/h1-3,8-11H,4-7H2. The zero-order chi connectivity index (χ0) is 22.2. The molecule has 1 amide bonds. The molecule has 12 heteroatoms. The smallest absolute Gasteiger partial charge is 0.365 e. The summed E-state index contributed by atoms with van der Waals surface area (Å²) in [6.07, 6.45) is -2.52. The zero-order valence-electron chi connectivity index (χ0n) is 15.8. The molecule has 31 heavy (non-hydrogen) atoms. The monoisotopic (exact) mass is 469 g/mol. The van der Waals surface area contributed by atoms with Gasteiger partial charge in [-0.1, -0.05) is 11.6 Å². The number of hydrogen-bond acceptors (Lipinski definition) is 6. The lowest BCUT2D eigenvalue weighted by molar-refractivity contribution is -0.137. The third-order valence-electron chi connectivity index (χ3n) is 4.87. The number of rotatable bonds is 3. The molecule has 0 atom stereocenters. The Morgan fingerprint density at radius 1 is 1.10 bits per heavy atom. The number of nitrogens with zero attached hydrogens (tertiary/aromatic N) is 5. The van der Waals surface area contributed by atoms with Crippen LogP contribution in [-0.2, 0) is 6.18 Å². The first-order valence-electron chi connectivity index (χ1n) is 9.13. The molecule has 3 aromatic rings. The Morgan fingerprint density at radius 3 is 2.42 bits per heavy atom. The van der Waals surface area contributed by atoms with Gasteiger partial charge in [0.1, 0.15) is 5.02 Å². The number of piperazine rings is 1. The van der Waals surface area contributed by atoms with Crippen LogP contribution in [0.15, 0.2) is 46.1 Å². The van der Waals surface area contributed by atoms with Crippen molar-refractivity contribution in [2.45, 2.75) is 6.18 Å². The van der Waals surface area contributed by atoms with Crippen molar-refractivity contribution in [2.75, 3.05) is 31.1 Å². The number of alkyl halides is 3. The van der Waals surface area contributed by atoms with Gasteiger partial charge in [-0.2, -0.15) is 34.3 Å². The fourth-order valence-electron chi connectivity index (χ4n) is 3.21. The van der Waals surface area contributed by atoms with Gasteiger partial charge in [-0.3, -0.25) is 9.59 Å². The van der Waals surface area contributed by atoms with Crippen LogP contribution in [0, 0.1) is 0 Å². The van der Waals surface area contributed by atoms with Gasteiger partial charge in [0.15, 0.2) is 5.82 Å². The minimum Gasteiger partial charge on any atom is -0.365 e. The van der Waals surface area contributed by atoms with E-state index in [-0.39, 0.29) is 16.7 Å². The van der Waals surface area contributed by atoms with Gasteiger partial charge in [-0.05, 0) is 23.6 Å². The molecule has 1 aliphatic heterocycles. The fraction of sp³-hybridized carbons (Fsp3) is 0.263. The van der Waals surface area contributed by atoms with Crippen molar-refractivity contribution in [2.24, 2.45) is 0 Å². The molecule has 0 aliphatic carbocycles. The van der Waals surface area contributed by atoms with E-state index in [0.717, 1.165) is 16.8 Å². The second-order valence-electron chi connectivity index (χ2n) is 6.75. The number of hydrogen-bond donors (Lipinski definition) is 0. The van der Waals surface area contributed by atoms with Gasteiger partial charge in [-0.15, -0.1) is 0 Å². The van der Waals surface area contributed by atoms with Crippen molar-refractivity contribution >= 4 is 34.5 Å². The first-order valence-corrected chi connectivity index (χ1v) is 10.5. The van der Waals surface area contributed by atoms with Crippen LogP contribution in [0.3, 0.4) is 0 Å². The molecule has 1 saturated heterocycles. The van der Waals surface area contributed by atoms with Gasteiger partial charge >= 0.3 is 6.18 Å². The summed E-state index contributed by atoms with van der Waals surface area (Å²) in [5, 5.41) is 7.55. The number of thiophene rings is 1. The maximum atomic E-state index is 12.7. The van der Waals surface area contributed by atoms with E-state index >= 15 is 0 Å². The van der Waals surface area contributed by atoms with Crippen LogP contribution >= 0.6 is 22.9 Å². The maximum absolute atomic E-state index is 12.7. The van der Waals surface area contributed by atoms with Crippen molar-refractivity contribution in [1.29, 1.82) is 0 Å². The van der Waals surface area contributed by atoms with Gasteiger partial charge in [0.05, 0.1) is 23.0 Å². The lowest BCUT2D eigenvalue weighted by Crippen LogP contribution is -2.49. The highest BCUT2D eigenvalue weighted by Gasteiger charge is 2.31. The molecule has 1 aliphatic rings. The molecule has 0 saturated carbocycles. The molecule has 0 bridgehead atoms. The van der Waals surface area contributed by atoms with Crippen LogP contribution in [-0.4, -0.2) is 51.8 Å². The Kier molecular flexibility index (Phi) is 5.71. The average molecular weight is 470 g/mol. The Labute approximate surface area is 183 Å². The summed E-state index contributed by atoms with van der Waals surface area (Å²) in [6.45, 7) is 1.82. The first-order chi connectivity index (χ1) is 14.8. The number of carbonyl (C=O) groups excluding carboxylic acids is 1. The van der Waals surface area contributed by atoms with Crippen LogP contribution in [0.4, 0.5) is 18.9 Å². The zero-order valence-corrected chi connectivity index (χ0v) is 17.4. The third kappa shape index (κ3) is 4.28. The lowest BCUT2D eigenvalue weighted by Gasteiger charge is -2.36. The van der Waals surface area contributed by atoms with Crippen molar-refractivity contribution in [3.05, 3.63) is 67.9 Å². The van der Waals surface area contributed by atoms with Gasteiger partial charge in [-0.25, -0.2) is 4.98 Å². The first kappa shape index (κ1) is 21.3. The summed E-state index contributed by atoms with van der Waals surface area (Å²) in [6, 6.07) is 3.65. The molecule has 4 heterocycles. The quantitative estimate of drug-likeness (QED) is 0.588. The average Bonchev–Trinajstić information content (AvgIpc) is 3.30. The predicted octanol–water partition coefficient (Wildman–Crippen LogP) is 3.32. The molecule has 4 rings (SSSR count). The molecule has 3 aromatic heterocycles. The molecule has 0 unspecified atom stereocenters. The Balaban J connectivity index is 1.51. The third-order valence-corrected chi connectivity index (χ3v) is 5.91. The second-order valence-corrected chi connectivity index (χ2v) is 7.91. The van der Waals surface area contributed by atoms with Gasteiger partial charge in [0.2, 0.25) is 0 Å². The van der Waals surface area contributed by atoms with Crippen molar-refractivity contribution in [3.8, 4) is 5.82 Å². The van der Waals surface area contributed by atoms with Crippen LogP contribution in [0.2, 0.25) is 5.02 Å². The minimum absolute atomic E-state index is 0.0473. The summed E-state index contributed by atoms with van der Waals surface area (Å²) in [5.41, 5.74) is -0.577. The number of aromatic nitrogens is 3. The summed E-state index contributed by atoms with van der Waals surface area (Å²) in [4.78, 5) is 32.4. The van der Waals surface area contributed by atoms with E-state index in [1.807, 2.05) is 10.3 Å². The number of pyridine rings is 1. The fourth-order valence-corrected chi connectivity index (χ4v) is 4.08. The highest BCUT2D eigenvalue weighted by Crippen LogP contribution is 2.29. The molecule has 0 radical (unpaired) electrons. The minimum atomic E-state index is -4.53. The van der Waals surface area contributed by atoms with Crippen LogP contribution in [0.25, 0.3) is 5.82 Å². The van der Waals surface area contributed by atoms with Gasteiger partial charge < -0.3 is 9.80 Å². The number of carbonyl (C=O) groups is 1. The van der Waals surface area contributed by atoms with E-state index < -0.39 is 17.3 Å². The van der Waals surface area contributed by atoms with E-state index in [4.69, 9.17) is 11.6 Å². The molecule has 0 aromatic carbocycles. The topological polar surface area (TPSA) is 71.3 Å². The molecular weight excluding hydrogens is 455 g/mol. The number of amides is 1. The van der Waals surface area contributed by atoms with Crippen molar-refractivity contribution in [1.82, 2.24) is 19.7 Å². The molecule has 0 N–H and O–H groups in total. The van der Waals surface area contributed by atoms with Crippen molar-refractivity contribution in [3.63, 3.8) is 0 Å². The van der Waals surface area contributed by atoms with Crippen LogP contribution in [0.5, 0.6) is 0 Å². The van der Waals surface area contributed by atoms with Gasteiger partial charge in [0, 0.05) is 37.8 Å². The van der Waals surface area contributed by atoms with E-state index in [0.29, 0.717) is 43.6 Å². The van der Waals surface area contributed by atoms with Crippen molar-refractivity contribution < 1.29 is 18.0 Å². The predicted molar refractivity (Wildman–Crippen MR) is 110 cm³/mol. The summed E-state index contributed by atoms with van der Waals surface area (Å²) in [5.74, 6) is -0.119. The van der Waals surface area contributed by atoms with Crippen LogP contribution in [0.1, 0.15) is 15.9 Å². The Hall–Kier alpha value is -2.92. The Bertz CT molecular complexity index is 1140. The summed E-state index contributed by atoms with van der Waals surface area (Å²) in [7, 11) is 0. The summed E-state index contributed by atoms with van der Waals surface area (Å²) < 4.78 is 39.0. The molecule has 1 fully saturated rings. The van der Waals surface area contributed by atoms with E-state index in [9.17, 15) is 22.8 Å². The SMILES string of the molecule is O=C(c1ccsc1)N1CCN(c2cnn(-c3ccc(C(F)(F)F)cn3)c(=O)c2Cl)CC1. The van der Waals surface area contributed by atoms with E-state index in [2.05, 4.69) is 10.1 Å². The Morgan fingerprint density at radius 2 is 1.84 bits per heavy atom. The lowest BCUT2D eigenvalue weighted by atomic mass is 10.2. The number of halogens is 4. The second kappa shape index (κ2) is 8.31. The van der Waals surface area contributed by atoms with Gasteiger partial charge in [0.25, 0.3) is 11.5 Å². The molecule has 162 valence electrons. The number of anilines is 1. The van der Waals surface area contributed by atoms with Crippen LogP contribution < -0.4 is 10.5 Å². The normalized spacial score (nSPS) is 14.7. The van der Waals surface area contributed by atoms with E-state index in [1.165, 1.54) is 17.5 Å². The largest absolute Gasteiger partial charge is 0.417 e. The molecular formula is C19H15ClF3N5O2S. The maximum Gasteiger partial charge on any atom is 0.417 e. The summed E-state index contributed by atoms with van der Waals surface area (Å²) >= 11 is 7.72. The highest BCUT2D eigenvalue weighted by atomic mass is 35.5. The highest BCUT2D eigenvalue weighted by molar-refractivity contribution is 7.08.